The highest BCUT2D eigenvalue weighted by Crippen LogP contribution is 2.34. The lowest BCUT2D eigenvalue weighted by atomic mass is 10.4. The maximum absolute atomic E-state index is 12.2. The Balaban J connectivity index is 2.56. The number of thiophene rings is 1. The molecule has 0 saturated carbocycles. The molecule has 16 heavy (non-hydrogen) atoms. The summed E-state index contributed by atoms with van der Waals surface area (Å²) in [6, 6.07) is 1.59. The second-order valence-corrected chi connectivity index (χ2v) is 3.87. The molecule has 1 aromatic rings. The molecule has 1 rings (SSSR count). The number of hydrogen-bond donors (Lipinski definition) is 2. The third-order valence-corrected chi connectivity index (χ3v) is 2.68. The van der Waals surface area contributed by atoms with Crippen LogP contribution in [0.1, 0.15) is 9.75 Å². The number of nitrogens with one attached hydrogen (secondary N) is 1. The Bertz CT molecular complexity index is 399. The van der Waals surface area contributed by atoms with Gasteiger partial charge in [0.25, 0.3) is 0 Å². The lowest BCUT2D eigenvalue weighted by Crippen LogP contribution is -2.19. The number of hydrogen-bond acceptors (Lipinski definition) is 2. The number of urea groups is 1. The first-order valence-corrected chi connectivity index (χ1v) is 4.93. The van der Waals surface area contributed by atoms with E-state index in [-0.39, 0.29) is 6.54 Å². The maximum atomic E-state index is 12.2. The maximum Gasteiger partial charge on any atom is 0.425 e. The van der Waals surface area contributed by atoms with Gasteiger partial charge >= 0.3 is 12.2 Å². The second kappa shape index (κ2) is 4.97. The first kappa shape index (κ1) is 12.5. The molecule has 88 valence electrons. The average molecular weight is 251 g/mol. The Morgan fingerprint density at radius 2 is 2.25 bits per heavy atom. The van der Waals surface area contributed by atoms with E-state index in [9.17, 15) is 18.0 Å². The van der Waals surface area contributed by atoms with Crippen molar-refractivity contribution in [3.8, 4) is 0 Å². The van der Waals surface area contributed by atoms with Gasteiger partial charge in [-0.05, 0) is 12.1 Å². The molecule has 0 unspecified atom stereocenters. The van der Waals surface area contributed by atoms with Crippen LogP contribution in [0.3, 0.4) is 0 Å². The van der Waals surface area contributed by atoms with Crippen molar-refractivity contribution in [2.24, 2.45) is 10.7 Å². The zero-order chi connectivity index (χ0) is 12.2. The molecule has 2 amide bonds. The lowest BCUT2D eigenvalue weighted by Gasteiger charge is -2.01. The minimum atomic E-state index is -4.34. The van der Waals surface area contributed by atoms with Crippen molar-refractivity contribution in [1.82, 2.24) is 5.32 Å². The fourth-order valence-corrected chi connectivity index (χ4v) is 1.72. The van der Waals surface area contributed by atoms with Crippen molar-refractivity contribution < 1.29 is 18.0 Å². The van der Waals surface area contributed by atoms with Gasteiger partial charge in [-0.3, -0.25) is 0 Å². The molecule has 0 radical (unpaired) electrons. The van der Waals surface area contributed by atoms with Crippen molar-refractivity contribution in [3.63, 3.8) is 0 Å². The minimum Gasteiger partial charge on any atom is -0.390 e. The number of nitrogens with two attached hydrogens (primary N) is 1. The summed E-state index contributed by atoms with van der Waals surface area (Å²) in [4.78, 5) is 13.7. The summed E-state index contributed by atoms with van der Waals surface area (Å²) in [5.74, 6) is 0. The summed E-state index contributed by atoms with van der Waals surface area (Å²) in [7, 11) is 0. The number of amides is 2. The number of halogens is 3. The van der Waals surface area contributed by atoms with E-state index in [1.165, 1.54) is 6.07 Å². The van der Waals surface area contributed by atoms with E-state index in [1.54, 1.807) is 0 Å². The quantitative estimate of drug-likeness (QED) is 0.623. The van der Waals surface area contributed by atoms with Crippen molar-refractivity contribution in [2.45, 2.75) is 12.7 Å². The summed E-state index contributed by atoms with van der Waals surface area (Å²) in [5.41, 5.74) is 4.86. The van der Waals surface area contributed by atoms with E-state index < -0.39 is 17.1 Å². The van der Waals surface area contributed by atoms with E-state index >= 15 is 0 Å². The summed E-state index contributed by atoms with van der Waals surface area (Å²) in [6.07, 6.45) is -3.53. The highest BCUT2D eigenvalue weighted by molar-refractivity contribution is 7.12. The van der Waals surface area contributed by atoms with Crippen LogP contribution in [0, 0.1) is 0 Å². The van der Waals surface area contributed by atoms with Gasteiger partial charge in [-0.1, -0.05) is 0 Å². The zero-order valence-electron chi connectivity index (χ0n) is 7.91. The molecular formula is C8H8F3N3OS. The zero-order valence-corrected chi connectivity index (χ0v) is 8.73. The van der Waals surface area contributed by atoms with Crippen molar-refractivity contribution in [3.05, 3.63) is 21.9 Å². The number of nitrogens with zero attached hydrogens (tertiary/aromatic N) is 1. The number of rotatable bonds is 2. The molecule has 4 nitrogen and oxygen atoms in total. The highest BCUT2D eigenvalue weighted by Gasteiger charge is 2.32. The van der Waals surface area contributed by atoms with Gasteiger partial charge < -0.3 is 11.1 Å². The third-order valence-electron chi connectivity index (χ3n) is 1.55. The Labute approximate surface area is 93.0 Å². The standard InChI is InChI=1S/C8H8F3N3OS/c9-8(10,11)6-2-1-5(16-6)3-13-7(15)14-4-12/h1-2,4H,3H2,(H3,12,13,14,15). The normalized spacial score (nSPS) is 11.9. The van der Waals surface area contributed by atoms with Crippen LogP contribution >= 0.6 is 11.3 Å². The van der Waals surface area contributed by atoms with Gasteiger partial charge in [-0.25, -0.2) is 4.79 Å². The smallest absolute Gasteiger partial charge is 0.390 e. The largest absolute Gasteiger partial charge is 0.425 e. The fraction of sp³-hybridized carbons (Fsp3) is 0.250. The van der Waals surface area contributed by atoms with Crippen LogP contribution in [-0.2, 0) is 12.7 Å². The van der Waals surface area contributed by atoms with E-state index in [2.05, 4.69) is 10.3 Å². The van der Waals surface area contributed by atoms with Crippen LogP contribution in [0.4, 0.5) is 18.0 Å². The number of aliphatic imine (C=N–C) groups is 1. The molecule has 0 aliphatic heterocycles. The van der Waals surface area contributed by atoms with E-state index in [0.29, 0.717) is 16.2 Å². The molecule has 0 aromatic carbocycles. The Morgan fingerprint density at radius 1 is 1.56 bits per heavy atom. The van der Waals surface area contributed by atoms with Gasteiger partial charge in [0.1, 0.15) is 4.88 Å². The van der Waals surface area contributed by atoms with E-state index in [0.717, 1.165) is 12.4 Å². The Kier molecular flexibility index (Phi) is 3.88. The van der Waals surface area contributed by atoms with Crippen LogP contribution in [0.5, 0.6) is 0 Å². The first-order chi connectivity index (χ1) is 7.43. The van der Waals surface area contributed by atoms with Gasteiger partial charge in [0, 0.05) is 4.88 Å². The second-order valence-electron chi connectivity index (χ2n) is 2.70. The molecule has 0 aliphatic carbocycles. The summed E-state index contributed by atoms with van der Waals surface area (Å²) < 4.78 is 36.6. The number of carbonyl (C=O) groups excluding carboxylic acids is 1. The molecule has 0 bridgehead atoms. The van der Waals surface area contributed by atoms with Crippen LogP contribution in [-0.4, -0.2) is 12.4 Å². The molecule has 0 spiro atoms. The number of alkyl halides is 3. The number of carbonyl (C=O) groups is 1. The average Bonchev–Trinajstić information content (AvgIpc) is 2.63. The van der Waals surface area contributed by atoms with Crippen molar-refractivity contribution >= 4 is 23.7 Å². The molecule has 0 saturated heterocycles. The van der Waals surface area contributed by atoms with Crippen LogP contribution < -0.4 is 11.1 Å². The topological polar surface area (TPSA) is 67.5 Å². The predicted octanol–water partition coefficient (Wildman–Crippen LogP) is 1.96. The third kappa shape index (κ3) is 3.54. The van der Waals surface area contributed by atoms with E-state index in [1.807, 2.05) is 0 Å². The molecule has 0 aliphatic rings. The molecule has 1 heterocycles. The van der Waals surface area contributed by atoms with Gasteiger partial charge in [0.05, 0.1) is 12.9 Å². The van der Waals surface area contributed by atoms with Crippen LogP contribution in [0.15, 0.2) is 17.1 Å². The van der Waals surface area contributed by atoms with Crippen LogP contribution in [0.2, 0.25) is 0 Å². The molecule has 3 N–H and O–H groups in total. The van der Waals surface area contributed by atoms with Gasteiger partial charge in [0.2, 0.25) is 0 Å². The molecule has 1 aromatic heterocycles. The molecule has 0 fully saturated rings. The highest BCUT2D eigenvalue weighted by atomic mass is 32.1. The minimum absolute atomic E-state index is 0.00306. The SMILES string of the molecule is NC=NC(=O)NCc1ccc(C(F)(F)F)s1. The first-order valence-electron chi connectivity index (χ1n) is 4.11. The predicted molar refractivity (Wildman–Crippen MR) is 54.2 cm³/mol. The van der Waals surface area contributed by atoms with Gasteiger partial charge in [-0.2, -0.15) is 18.2 Å². The molecule has 8 heteroatoms. The van der Waals surface area contributed by atoms with Gasteiger partial charge in [0.15, 0.2) is 0 Å². The van der Waals surface area contributed by atoms with Crippen molar-refractivity contribution in [2.75, 3.05) is 0 Å². The summed E-state index contributed by atoms with van der Waals surface area (Å²) in [6.45, 7) is -0.00306. The molecular weight excluding hydrogens is 243 g/mol. The monoisotopic (exact) mass is 251 g/mol. The summed E-state index contributed by atoms with van der Waals surface area (Å²) >= 11 is 0.577. The lowest BCUT2D eigenvalue weighted by molar-refractivity contribution is -0.134. The Morgan fingerprint density at radius 3 is 2.75 bits per heavy atom. The van der Waals surface area contributed by atoms with Crippen molar-refractivity contribution in [1.29, 1.82) is 0 Å². The van der Waals surface area contributed by atoms with E-state index in [4.69, 9.17) is 5.73 Å². The fourth-order valence-electron chi connectivity index (χ4n) is 0.901. The molecule has 0 atom stereocenters. The summed E-state index contributed by atoms with van der Waals surface area (Å²) in [5, 5.41) is 2.29. The van der Waals surface area contributed by atoms with Gasteiger partial charge in [-0.15, -0.1) is 11.3 Å². The Hall–Kier alpha value is -1.57. The van der Waals surface area contributed by atoms with Crippen LogP contribution in [0.25, 0.3) is 0 Å².